The Hall–Kier alpha value is -1.45. The third-order valence-corrected chi connectivity index (χ3v) is 1.35. The molecule has 72 valence electrons. The minimum Gasteiger partial charge on any atom is -0.431 e. The predicted octanol–water partition coefficient (Wildman–Crippen LogP) is 1.00. The highest BCUT2D eigenvalue weighted by Gasteiger charge is 2.15. The predicted molar refractivity (Wildman–Crippen MR) is 45.8 cm³/mol. The van der Waals surface area contributed by atoms with Crippen molar-refractivity contribution in [2.24, 2.45) is 0 Å². The van der Waals surface area contributed by atoms with E-state index in [0.29, 0.717) is 0 Å². The maximum Gasteiger partial charge on any atom is 0.307 e. The largest absolute Gasteiger partial charge is 0.431 e. The Kier molecular flexibility index (Phi) is 4.04. The summed E-state index contributed by atoms with van der Waals surface area (Å²) in [6.45, 7) is 5.13. The molecule has 0 aromatic heterocycles. The second kappa shape index (κ2) is 4.54. The van der Waals surface area contributed by atoms with E-state index < -0.39 is 17.5 Å². The fourth-order valence-corrected chi connectivity index (χ4v) is 1.01. The van der Waals surface area contributed by atoms with Gasteiger partial charge >= 0.3 is 5.97 Å². The van der Waals surface area contributed by atoms with Crippen LogP contribution in [-0.2, 0) is 19.1 Å². The zero-order valence-electron chi connectivity index (χ0n) is 8.13. The molecule has 0 saturated heterocycles. The van der Waals surface area contributed by atoms with Crippen molar-refractivity contribution in [3.05, 3.63) is 11.3 Å². The molecule has 0 aliphatic rings. The van der Waals surface area contributed by atoms with Gasteiger partial charge in [-0.2, -0.15) is 0 Å². The van der Waals surface area contributed by atoms with Gasteiger partial charge in [-0.05, 0) is 20.8 Å². The first-order chi connectivity index (χ1) is 5.86. The molecule has 0 aromatic carbocycles. The van der Waals surface area contributed by atoms with Crippen LogP contribution in [-0.4, -0.2) is 17.5 Å². The first-order valence-corrected chi connectivity index (χ1v) is 3.77. The number of hydrogen-bond acceptors (Lipinski definition) is 4. The lowest BCUT2D eigenvalue weighted by Gasteiger charge is -2.04. The fourth-order valence-electron chi connectivity index (χ4n) is 1.01. The summed E-state index contributed by atoms with van der Waals surface area (Å²) < 4.78 is 4.63. The van der Waals surface area contributed by atoms with Crippen LogP contribution in [0.2, 0.25) is 0 Å². The number of hydrogen-bond donors (Lipinski definition) is 0. The second-order valence-corrected chi connectivity index (χ2v) is 2.64. The van der Waals surface area contributed by atoms with Crippen molar-refractivity contribution in [2.75, 3.05) is 0 Å². The Balaban J connectivity index is 4.98. The van der Waals surface area contributed by atoms with Gasteiger partial charge in [-0.1, -0.05) is 0 Å². The Labute approximate surface area is 76.6 Å². The van der Waals surface area contributed by atoms with Gasteiger partial charge in [0.1, 0.15) is 5.76 Å². The van der Waals surface area contributed by atoms with Gasteiger partial charge in [0, 0.05) is 6.92 Å². The van der Waals surface area contributed by atoms with E-state index >= 15 is 0 Å². The normalized spacial score (nSPS) is 8.92. The first-order valence-electron chi connectivity index (χ1n) is 3.77. The minimum atomic E-state index is -0.544. The molecule has 0 aliphatic carbocycles. The highest BCUT2D eigenvalue weighted by atomic mass is 16.5. The number of esters is 1. The van der Waals surface area contributed by atoms with Gasteiger partial charge in [-0.25, -0.2) is 0 Å². The number of Topliss-reactive ketones (excluding diaryl/α,β-unsaturated/α-hetero) is 2. The fraction of sp³-hybridized carbons (Fsp3) is 0.444. The molecule has 0 unspecified atom stereocenters. The lowest BCUT2D eigenvalue weighted by atomic mass is 10.1. The van der Waals surface area contributed by atoms with E-state index in [4.69, 9.17) is 0 Å². The van der Waals surface area contributed by atoms with E-state index in [-0.39, 0.29) is 11.3 Å². The van der Waals surface area contributed by atoms with Gasteiger partial charge in [-0.15, -0.1) is 0 Å². The summed E-state index contributed by atoms with van der Waals surface area (Å²) in [5.41, 5.74) is -0.0600. The topological polar surface area (TPSA) is 60.4 Å². The third-order valence-electron chi connectivity index (χ3n) is 1.35. The van der Waals surface area contributed by atoms with Crippen LogP contribution in [0.15, 0.2) is 11.3 Å². The van der Waals surface area contributed by atoms with Crippen LogP contribution in [0.3, 0.4) is 0 Å². The summed E-state index contributed by atoms with van der Waals surface area (Å²) >= 11 is 0. The molecule has 0 aliphatic heterocycles. The van der Waals surface area contributed by atoms with Crippen molar-refractivity contribution in [3.8, 4) is 0 Å². The van der Waals surface area contributed by atoms with Gasteiger partial charge in [0.25, 0.3) is 0 Å². The molecule has 0 spiro atoms. The first kappa shape index (κ1) is 11.6. The summed E-state index contributed by atoms with van der Waals surface area (Å²) in [5, 5.41) is 0. The van der Waals surface area contributed by atoms with Crippen molar-refractivity contribution >= 4 is 17.5 Å². The van der Waals surface area contributed by atoms with Crippen LogP contribution in [0.5, 0.6) is 0 Å². The molecule has 13 heavy (non-hydrogen) atoms. The monoisotopic (exact) mass is 184 g/mol. The molecule has 0 N–H and O–H groups in total. The standard InChI is InChI=1S/C9H12O4/c1-5(10)9(6(2)11)7(3)13-8(4)12/h1-4H3. The number of carbonyl (C=O) groups is 3. The molecule has 0 saturated carbocycles. The average Bonchev–Trinajstić information content (AvgIpc) is 1.81. The number of ether oxygens (including phenoxy) is 1. The molecular weight excluding hydrogens is 172 g/mol. The summed E-state index contributed by atoms with van der Waals surface area (Å²) in [6, 6.07) is 0. The van der Waals surface area contributed by atoms with Crippen LogP contribution in [0.4, 0.5) is 0 Å². The van der Waals surface area contributed by atoms with Crippen LogP contribution in [0, 0.1) is 0 Å². The van der Waals surface area contributed by atoms with Crippen molar-refractivity contribution in [1.82, 2.24) is 0 Å². The summed E-state index contributed by atoms with van der Waals surface area (Å²) in [5.74, 6) is -1.28. The highest BCUT2D eigenvalue weighted by Crippen LogP contribution is 2.08. The van der Waals surface area contributed by atoms with E-state index in [0.717, 1.165) is 0 Å². The molecule has 0 radical (unpaired) electrons. The van der Waals surface area contributed by atoms with Crippen molar-refractivity contribution in [2.45, 2.75) is 27.7 Å². The number of rotatable bonds is 3. The quantitative estimate of drug-likeness (QED) is 0.216. The lowest BCUT2D eigenvalue weighted by molar-refractivity contribution is -0.136. The average molecular weight is 184 g/mol. The van der Waals surface area contributed by atoms with Crippen LogP contribution < -0.4 is 0 Å². The minimum absolute atomic E-state index is 0.0600. The van der Waals surface area contributed by atoms with Gasteiger partial charge < -0.3 is 4.74 Å². The van der Waals surface area contributed by atoms with Gasteiger partial charge in [0.15, 0.2) is 11.6 Å². The maximum absolute atomic E-state index is 10.9. The zero-order valence-corrected chi connectivity index (χ0v) is 8.13. The van der Waals surface area contributed by atoms with E-state index in [2.05, 4.69) is 4.74 Å². The van der Waals surface area contributed by atoms with E-state index in [1.54, 1.807) is 0 Å². The van der Waals surface area contributed by atoms with Crippen LogP contribution in [0.25, 0.3) is 0 Å². The number of ketones is 2. The molecule has 0 rings (SSSR count). The molecule has 0 amide bonds. The molecule has 0 atom stereocenters. The maximum atomic E-state index is 10.9. The highest BCUT2D eigenvalue weighted by molar-refractivity contribution is 6.18. The molecular formula is C9H12O4. The van der Waals surface area contributed by atoms with Gasteiger partial charge in [0.2, 0.25) is 0 Å². The molecule has 4 heteroatoms. The Morgan fingerprint density at radius 2 is 1.23 bits per heavy atom. The summed E-state index contributed by atoms with van der Waals surface area (Å²) in [6.07, 6.45) is 0. The van der Waals surface area contributed by atoms with E-state index in [1.807, 2.05) is 0 Å². The van der Waals surface area contributed by atoms with Gasteiger partial charge in [-0.3, -0.25) is 14.4 Å². The van der Waals surface area contributed by atoms with Crippen molar-refractivity contribution in [1.29, 1.82) is 0 Å². The summed E-state index contributed by atoms with van der Waals surface area (Å²) in [4.78, 5) is 32.4. The Morgan fingerprint density at radius 1 is 0.846 bits per heavy atom. The van der Waals surface area contributed by atoms with Crippen LogP contribution >= 0.6 is 0 Å². The van der Waals surface area contributed by atoms with E-state index in [1.165, 1.54) is 27.7 Å². The number of allylic oxidation sites excluding steroid dienone is 2. The van der Waals surface area contributed by atoms with Crippen molar-refractivity contribution < 1.29 is 19.1 Å². The van der Waals surface area contributed by atoms with E-state index in [9.17, 15) is 14.4 Å². The molecule has 4 nitrogen and oxygen atoms in total. The van der Waals surface area contributed by atoms with Gasteiger partial charge in [0.05, 0.1) is 5.57 Å². The lowest BCUT2D eigenvalue weighted by Crippen LogP contribution is -2.11. The molecule has 0 heterocycles. The number of carbonyl (C=O) groups excluding carboxylic acids is 3. The SMILES string of the molecule is CC(=O)OC(C)=C(C(C)=O)C(C)=O. The van der Waals surface area contributed by atoms with Crippen LogP contribution in [0.1, 0.15) is 27.7 Å². The molecule has 0 fully saturated rings. The Morgan fingerprint density at radius 3 is 1.46 bits per heavy atom. The zero-order chi connectivity index (χ0) is 10.6. The third kappa shape index (κ3) is 3.64. The molecule has 0 aromatic rings. The second-order valence-electron chi connectivity index (χ2n) is 2.64. The smallest absolute Gasteiger partial charge is 0.307 e. The molecule has 0 bridgehead atoms. The summed E-state index contributed by atoms with van der Waals surface area (Å²) in [7, 11) is 0. The van der Waals surface area contributed by atoms with Crippen molar-refractivity contribution in [3.63, 3.8) is 0 Å². The Bertz CT molecular complexity index is 270.